The van der Waals surface area contributed by atoms with Gasteiger partial charge in [-0.3, -0.25) is 9.59 Å². The molecule has 4 aromatic rings. The molecule has 0 saturated carbocycles. The van der Waals surface area contributed by atoms with Crippen LogP contribution in [-0.2, 0) is 4.74 Å². The highest BCUT2D eigenvalue weighted by molar-refractivity contribution is 5.94. The first-order chi connectivity index (χ1) is 17.7. The van der Waals surface area contributed by atoms with Crippen LogP contribution in [-0.4, -0.2) is 73.6 Å². The van der Waals surface area contributed by atoms with Crippen molar-refractivity contribution in [1.29, 1.82) is 0 Å². The maximum absolute atomic E-state index is 13.0. The number of nitrogens with zero attached hydrogens (tertiary/aromatic N) is 5. The lowest BCUT2D eigenvalue weighted by molar-refractivity contribution is 0.0141. The van der Waals surface area contributed by atoms with E-state index in [0.29, 0.717) is 48.7 Å². The predicted molar refractivity (Wildman–Crippen MR) is 139 cm³/mol. The largest absolute Gasteiger partial charge is 0.444 e. The van der Waals surface area contributed by atoms with Gasteiger partial charge in [-0.25, -0.2) is 9.48 Å². The Labute approximate surface area is 213 Å². The third-order valence-electron chi connectivity index (χ3n) is 6.12. The first-order valence-corrected chi connectivity index (χ1v) is 12.1. The second-order valence-electron chi connectivity index (χ2n) is 9.95. The lowest BCUT2D eigenvalue weighted by Crippen LogP contribution is -2.51. The zero-order valence-electron chi connectivity index (χ0n) is 21.0. The highest BCUT2D eigenvalue weighted by Gasteiger charge is 2.28. The van der Waals surface area contributed by atoms with Gasteiger partial charge in [0, 0.05) is 37.3 Å². The summed E-state index contributed by atoms with van der Waals surface area (Å²) in [5.74, 6) is -0.0997. The van der Waals surface area contributed by atoms with E-state index < -0.39 is 5.60 Å². The Balaban J connectivity index is 1.26. The molecule has 1 aliphatic heterocycles. The number of ether oxygens (including phenoxy) is 1. The van der Waals surface area contributed by atoms with Gasteiger partial charge in [0.05, 0.1) is 17.4 Å². The smallest absolute Gasteiger partial charge is 0.410 e. The van der Waals surface area contributed by atoms with Gasteiger partial charge in [0.15, 0.2) is 0 Å². The van der Waals surface area contributed by atoms with Gasteiger partial charge in [0.2, 0.25) is 0 Å². The molecule has 1 N–H and O–H groups in total. The fourth-order valence-corrected chi connectivity index (χ4v) is 4.21. The molecule has 5 rings (SSSR count). The molecule has 0 aliphatic carbocycles. The van der Waals surface area contributed by atoms with Gasteiger partial charge in [-0.05, 0) is 62.6 Å². The number of benzene rings is 2. The number of carbonyl (C=O) groups excluding carboxylic acids is 2. The van der Waals surface area contributed by atoms with E-state index in [0.717, 1.165) is 10.9 Å². The zero-order valence-corrected chi connectivity index (χ0v) is 21.0. The maximum Gasteiger partial charge on any atom is 0.410 e. The van der Waals surface area contributed by atoms with Gasteiger partial charge in [0.1, 0.15) is 11.3 Å². The number of amides is 2. The molecule has 37 heavy (non-hydrogen) atoms. The van der Waals surface area contributed by atoms with Crippen LogP contribution >= 0.6 is 0 Å². The number of fused-ring (bicyclic) bond motifs is 1. The van der Waals surface area contributed by atoms with Crippen molar-refractivity contribution >= 4 is 22.9 Å². The molecule has 1 saturated heterocycles. The summed E-state index contributed by atoms with van der Waals surface area (Å²) < 4.78 is 6.99. The van der Waals surface area contributed by atoms with Crippen LogP contribution in [0.5, 0.6) is 0 Å². The number of para-hydroxylation sites is 1. The molecule has 190 valence electrons. The summed E-state index contributed by atoms with van der Waals surface area (Å²) in [6.07, 6.45) is 1.33. The molecular formula is C27H28N6O4. The summed E-state index contributed by atoms with van der Waals surface area (Å²) in [5.41, 5.74) is 2.11. The van der Waals surface area contributed by atoms with Crippen LogP contribution in [0.2, 0.25) is 0 Å². The van der Waals surface area contributed by atoms with E-state index >= 15 is 0 Å². The van der Waals surface area contributed by atoms with E-state index in [9.17, 15) is 14.4 Å². The van der Waals surface area contributed by atoms with E-state index in [1.54, 1.807) is 51.0 Å². The predicted octanol–water partition coefficient (Wildman–Crippen LogP) is 3.47. The van der Waals surface area contributed by atoms with Gasteiger partial charge in [-0.2, -0.15) is 0 Å². The van der Waals surface area contributed by atoms with Crippen LogP contribution in [0.25, 0.3) is 27.8 Å². The number of rotatable bonds is 3. The topological polar surface area (TPSA) is 113 Å². The highest BCUT2D eigenvalue weighted by atomic mass is 16.6. The number of piperazine rings is 1. The SMILES string of the molecule is CC(C)(C)OC(=O)N1CCN(C(=O)c2ccc(-n3cc(-c4cc5ccccc5[nH]c4=O)nn3)cc2)CC1. The molecule has 1 fully saturated rings. The number of aromatic nitrogens is 4. The van der Waals surface area contributed by atoms with Crippen LogP contribution < -0.4 is 5.56 Å². The van der Waals surface area contributed by atoms with Gasteiger partial charge < -0.3 is 19.5 Å². The Morgan fingerprint density at radius 1 is 0.946 bits per heavy atom. The fraction of sp³-hybridized carbons (Fsp3) is 0.296. The average molecular weight is 501 g/mol. The van der Waals surface area contributed by atoms with E-state index in [-0.39, 0.29) is 17.6 Å². The van der Waals surface area contributed by atoms with Crippen LogP contribution in [0.15, 0.2) is 65.6 Å². The molecule has 0 bridgehead atoms. The number of nitrogens with one attached hydrogen (secondary N) is 1. The lowest BCUT2D eigenvalue weighted by Gasteiger charge is -2.35. The number of hydrogen-bond acceptors (Lipinski definition) is 6. The molecule has 3 heterocycles. The number of pyridine rings is 1. The zero-order chi connectivity index (χ0) is 26.2. The number of H-pyrrole nitrogens is 1. The summed E-state index contributed by atoms with van der Waals surface area (Å²) in [4.78, 5) is 44.1. The van der Waals surface area contributed by atoms with Gasteiger partial charge in [0.25, 0.3) is 11.5 Å². The Kier molecular flexibility index (Phi) is 6.24. The van der Waals surface area contributed by atoms with E-state index in [1.165, 1.54) is 0 Å². The molecule has 1 aliphatic rings. The van der Waals surface area contributed by atoms with Gasteiger partial charge in [-0.1, -0.05) is 23.4 Å². The third kappa shape index (κ3) is 5.23. The molecule has 10 heteroatoms. The van der Waals surface area contributed by atoms with E-state index in [2.05, 4.69) is 15.3 Å². The minimum Gasteiger partial charge on any atom is -0.444 e. The average Bonchev–Trinajstić information content (AvgIpc) is 3.37. The van der Waals surface area contributed by atoms with Crippen LogP contribution in [0.3, 0.4) is 0 Å². The Hall–Kier alpha value is -4.47. The normalized spacial score (nSPS) is 14.1. The van der Waals surface area contributed by atoms with E-state index in [4.69, 9.17) is 4.74 Å². The minimum absolute atomic E-state index is 0.0997. The van der Waals surface area contributed by atoms with Crippen molar-refractivity contribution < 1.29 is 14.3 Å². The van der Waals surface area contributed by atoms with Crippen molar-refractivity contribution in [3.8, 4) is 16.9 Å². The summed E-state index contributed by atoms with van der Waals surface area (Å²) in [6, 6.07) is 16.4. The van der Waals surface area contributed by atoms with Crippen molar-refractivity contribution in [3.05, 3.63) is 76.7 Å². The van der Waals surface area contributed by atoms with Crippen molar-refractivity contribution in [2.24, 2.45) is 0 Å². The van der Waals surface area contributed by atoms with Crippen molar-refractivity contribution in [3.63, 3.8) is 0 Å². The molecule has 10 nitrogen and oxygen atoms in total. The molecule has 2 aromatic heterocycles. The molecular weight excluding hydrogens is 472 g/mol. The summed E-state index contributed by atoms with van der Waals surface area (Å²) >= 11 is 0. The second-order valence-corrected chi connectivity index (χ2v) is 9.95. The third-order valence-corrected chi connectivity index (χ3v) is 6.12. The van der Waals surface area contributed by atoms with Crippen molar-refractivity contribution in [1.82, 2.24) is 29.8 Å². The minimum atomic E-state index is -0.554. The first-order valence-electron chi connectivity index (χ1n) is 12.1. The lowest BCUT2D eigenvalue weighted by atomic mass is 10.1. The van der Waals surface area contributed by atoms with Crippen LogP contribution in [0.1, 0.15) is 31.1 Å². The number of carbonyl (C=O) groups is 2. The monoisotopic (exact) mass is 500 g/mol. The molecule has 0 unspecified atom stereocenters. The highest BCUT2D eigenvalue weighted by Crippen LogP contribution is 2.19. The standard InChI is InChI=1S/C27H28N6O4/c1-27(2,3)37-26(36)32-14-12-31(13-15-32)25(35)18-8-10-20(11-9-18)33-17-23(29-30-33)21-16-19-6-4-5-7-22(19)28-24(21)34/h4-11,16-17H,12-15H2,1-3H3,(H,28,34). The fourth-order valence-electron chi connectivity index (χ4n) is 4.21. The van der Waals surface area contributed by atoms with Crippen molar-refractivity contribution in [2.75, 3.05) is 26.2 Å². The van der Waals surface area contributed by atoms with Crippen LogP contribution in [0.4, 0.5) is 4.79 Å². The molecule has 0 radical (unpaired) electrons. The van der Waals surface area contributed by atoms with Crippen molar-refractivity contribution in [2.45, 2.75) is 26.4 Å². The summed E-state index contributed by atoms with van der Waals surface area (Å²) in [7, 11) is 0. The Morgan fingerprint density at radius 2 is 1.62 bits per heavy atom. The second kappa shape index (κ2) is 9.53. The van der Waals surface area contributed by atoms with E-state index in [1.807, 2.05) is 45.0 Å². The van der Waals surface area contributed by atoms with Gasteiger partial charge in [-0.15, -0.1) is 5.10 Å². The Bertz CT molecular complexity index is 1510. The molecule has 2 aromatic carbocycles. The number of aromatic amines is 1. The maximum atomic E-state index is 13.0. The Morgan fingerprint density at radius 3 is 2.32 bits per heavy atom. The first kappa shape index (κ1) is 24.2. The van der Waals surface area contributed by atoms with Gasteiger partial charge >= 0.3 is 6.09 Å². The summed E-state index contributed by atoms with van der Waals surface area (Å²) in [6.45, 7) is 7.22. The molecule has 2 amide bonds. The van der Waals surface area contributed by atoms with Crippen LogP contribution in [0, 0.1) is 0 Å². The summed E-state index contributed by atoms with van der Waals surface area (Å²) in [5, 5.41) is 9.25. The molecule has 0 spiro atoms. The quantitative estimate of drug-likeness (QED) is 0.461. The number of hydrogen-bond donors (Lipinski definition) is 1. The molecule has 0 atom stereocenters.